The molecule has 0 radical (unpaired) electrons. The number of allylic oxidation sites excluding steroid dienone is 1. The molecule has 12 heavy (non-hydrogen) atoms. The fraction of sp³-hybridized carbons (Fsp3) is 0.833. The maximum absolute atomic E-state index is 4.13. The Balaban J connectivity index is 3.84. The highest BCUT2D eigenvalue weighted by atomic mass is 14.2. The molecule has 0 aromatic heterocycles. The van der Waals surface area contributed by atoms with Crippen LogP contribution < -0.4 is 0 Å². The van der Waals surface area contributed by atoms with Crippen LogP contribution in [0.15, 0.2) is 12.2 Å². The molecule has 0 heterocycles. The van der Waals surface area contributed by atoms with Gasteiger partial charge < -0.3 is 0 Å². The van der Waals surface area contributed by atoms with E-state index in [0.717, 1.165) is 5.92 Å². The molecule has 0 unspecified atom stereocenters. The summed E-state index contributed by atoms with van der Waals surface area (Å²) in [5, 5.41) is 0. The van der Waals surface area contributed by atoms with E-state index in [1.165, 1.54) is 24.8 Å². The summed E-state index contributed by atoms with van der Waals surface area (Å²) < 4.78 is 0. The Morgan fingerprint density at radius 1 is 1.33 bits per heavy atom. The van der Waals surface area contributed by atoms with Crippen LogP contribution in [0.5, 0.6) is 0 Å². The van der Waals surface area contributed by atoms with Crippen molar-refractivity contribution in [3.05, 3.63) is 12.2 Å². The zero-order chi connectivity index (χ0) is 9.78. The molecule has 0 aromatic rings. The lowest BCUT2D eigenvalue weighted by Crippen LogP contribution is -2.11. The standard InChI is InChI=1S/C12H24/c1-7-12(5,6)9-11(4)8-10(2)3/h10H,4,7-9H2,1-3,5-6H3. The Bertz CT molecular complexity index is 140. The van der Waals surface area contributed by atoms with E-state index in [0.29, 0.717) is 5.41 Å². The van der Waals surface area contributed by atoms with Gasteiger partial charge in [0.05, 0.1) is 0 Å². The molecule has 0 aromatic carbocycles. The zero-order valence-electron chi connectivity index (χ0n) is 9.41. The van der Waals surface area contributed by atoms with E-state index in [4.69, 9.17) is 0 Å². The monoisotopic (exact) mass is 168 g/mol. The maximum Gasteiger partial charge on any atom is -0.0271 e. The molecule has 0 N–H and O–H groups in total. The number of hydrogen-bond donors (Lipinski definition) is 0. The lowest BCUT2D eigenvalue weighted by Gasteiger charge is -2.24. The van der Waals surface area contributed by atoms with E-state index in [2.05, 4.69) is 41.2 Å². The molecule has 0 saturated carbocycles. The molecule has 0 saturated heterocycles. The summed E-state index contributed by atoms with van der Waals surface area (Å²) in [6.45, 7) is 15.5. The second-order valence-electron chi connectivity index (χ2n) is 5.04. The first-order valence-corrected chi connectivity index (χ1v) is 5.04. The first-order valence-electron chi connectivity index (χ1n) is 5.04. The van der Waals surface area contributed by atoms with E-state index in [9.17, 15) is 0 Å². The van der Waals surface area contributed by atoms with Gasteiger partial charge in [-0.3, -0.25) is 0 Å². The van der Waals surface area contributed by atoms with Crippen LogP contribution >= 0.6 is 0 Å². The highest BCUT2D eigenvalue weighted by Gasteiger charge is 2.16. The van der Waals surface area contributed by atoms with Crippen molar-refractivity contribution in [2.45, 2.75) is 53.9 Å². The third kappa shape index (κ3) is 5.40. The van der Waals surface area contributed by atoms with Gasteiger partial charge in [0, 0.05) is 0 Å². The van der Waals surface area contributed by atoms with Gasteiger partial charge in [0.25, 0.3) is 0 Å². The van der Waals surface area contributed by atoms with E-state index in [1.807, 2.05) is 0 Å². The van der Waals surface area contributed by atoms with Crippen LogP contribution in [-0.2, 0) is 0 Å². The summed E-state index contributed by atoms with van der Waals surface area (Å²) in [4.78, 5) is 0. The third-order valence-electron chi connectivity index (χ3n) is 2.38. The molecular weight excluding hydrogens is 144 g/mol. The number of rotatable bonds is 5. The second kappa shape index (κ2) is 4.69. The van der Waals surface area contributed by atoms with Crippen molar-refractivity contribution in [2.75, 3.05) is 0 Å². The Hall–Kier alpha value is -0.260. The predicted octanol–water partition coefficient (Wildman–Crippen LogP) is 4.42. The fourth-order valence-electron chi connectivity index (χ4n) is 1.45. The molecule has 0 rings (SSSR count). The first kappa shape index (κ1) is 11.7. The molecule has 0 fully saturated rings. The number of hydrogen-bond acceptors (Lipinski definition) is 0. The lowest BCUT2D eigenvalue weighted by atomic mass is 9.82. The summed E-state index contributed by atoms with van der Waals surface area (Å²) in [7, 11) is 0. The van der Waals surface area contributed by atoms with Gasteiger partial charge in [-0.1, -0.05) is 53.2 Å². The second-order valence-corrected chi connectivity index (χ2v) is 5.04. The molecule has 0 spiro atoms. The van der Waals surface area contributed by atoms with E-state index >= 15 is 0 Å². The molecule has 0 aliphatic rings. The topological polar surface area (TPSA) is 0 Å². The van der Waals surface area contributed by atoms with Gasteiger partial charge in [0.1, 0.15) is 0 Å². The molecule has 0 nitrogen and oxygen atoms in total. The molecule has 72 valence electrons. The van der Waals surface area contributed by atoms with E-state index in [1.54, 1.807) is 0 Å². The summed E-state index contributed by atoms with van der Waals surface area (Å²) in [6.07, 6.45) is 3.61. The third-order valence-corrected chi connectivity index (χ3v) is 2.38. The van der Waals surface area contributed by atoms with Crippen molar-refractivity contribution in [1.82, 2.24) is 0 Å². The Morgan fingerprint density at radius 3 is 2.17 bits per heavy atom. The summed E-state index contributed by atoms with van der Waals surface area (Å²) in [5.74, 6) is 0.755. The zero-order valence-corrected chi connectivity index (χ0v) is 9.41. The minimum Gasteiger partial charge on any atom is -0.0998 e. The lowest BCUT2D eigenvalue weighted by molar-refractivity contribution is 0.341. The van der Waals surface area contributed by atoms with E-state index < -0.39 is 0 Å². The Labute approximate surface area is 78.1 Å². The fourth-order valence-corrected chi connectivity index (χ4v) is 1.45. The summed E-state index contributed by atoms with van der Waals surface area (Å²) in [6, 6.07) is 0. The minimum atomic E-state index is 0.450. The summed E-state index contributed by atoms with van der Waals surface area (Å²) >= 11 is 0. The Kier molecular flexibility index (Phi) is 4.59. The van der Waals surface area contributed by atoms with Gasteiger partial charge >= 0.3 is 0 Å². The largest absolute Gasteiger partial charge is 0.0998 e. The molecule has 0 atom stereocenters. The quantitative estimate of drug-likeness (QED) is 0.533. The first-order chi connectivity index (χ1) is 5.37. The average molecular weight is 168 g/mol. The molecule has 0 amide bonds. The Morgan fingerprint density at radius 2 is 1.83 bits per heavy atom. The molecule has 0 bridgehead atoms. The van der Waals surface area contributed by atoms with Crippen LogP contribution in [0.4, 0.5) is 0 Å². The van der Waals surface area contributed by atoms with Crippen LogP contribution in [-0.4, -0.2) is 0 Å². The summed E-state index contributed by atoms with van der Waals surface area (Å²) in [5.41, 5.74) is 1.86. The van der Waals surface area contributed by atoms with Crippen molar-refractivity contribution < 1.29 is 0 Å². The smallest absolute Gasteiger partial charge is 0.0271 e. The van der Waals surface area contributed by atoms with Crippen LogP contribution in [0.25, 0.3) is 0 Å². The van der Waals surface area contributed by atoms with Crippen molar-refractivity contribution in [3.63, 3.8) is 0 Å². The van der Waals surface area contributed by atoms with Gasteiger partial charge in [-0.15, -0.1) is 0 Å². The maximum atomic E-state index is 4.13. The van der Waals surface area contributed by atoms with Crippen molar-refractivity contribution in [3.8, 4) is 0 Å². The highest BCUT2D eigenvalue weighted by molar-refractivity contribution is 4.98. The average Bonchev–Trinajstić information content (AvgIpc) is 1.84. The van der Waals surface area contributed by atoms with Crippen LogP contribution in [0.2, 0.25) is 0 Å². The minimum absolute atomic E-state index is 0.450. The molecule has 0 aliphatic heterocycles. The van der Waals surface area contributed by atoms with Crippen LogP contribution in [0.3, 0.4) is 0 Å². The highest BCUT2D eigenvalue weighted by Crippen LogP contribution is 2.30. The van der Waals surface area contributed by atoms with Crippen molar-refractivity contribution in [2.24, 2.45) is 11.3 Å². The van der Waals surface area contributed by atoms with Gasteiger partial charge in [0.15, 0.2) is 0 Å². The van der Waals surface area contributed by atoms with Crippen molar-refractivity contribution in [1.29, 1.82) is 0 Å². The normalized spacial score (nSPS) is 12.2. The molecular formula is C12H24. The van der Waals surface area contributed by atoms with Crippen LogP contribution in [0.1, 0.15) is 53.9 Å². The van der Waals surface area contributed by atoms with Gasteiger partial charge in [-0.05, 0) is 24.2 Å². The predicted molar refractivity (Wildman–Crippen MR) is 57.3 cm³/mol. The van der Waals surface area contributed by atoms with Gasteiger partial charge in [-0.2, -0.15) is 0 Å². The molecule has 0 aliphatic carbocycles. The SMILES string of the molecule is C=C(CC(C)C)CC(C)(C)CC. The van der Waals surface area contributed by atoms with E-state index in [-0.39, 0.29) is 0 Å². The van der Waals surface area contributed by atoms with Crippen LogP contribution in [0, 0.1) is 11.3 Å². The van der Waals surface area contributed by atoms with Gasteiger partial charge in [-0.25, -0.2) is 0 Å². The van der Waals surface area contributed by atoms with Gasteiger partial charge in [0.2, 0.25) is 0 Å². The van der Waals surface area contributed by atoms with Crippen molar-refractivity contribution >= 4 is 0 Å². The molecule has 0 heteroatoms.